The number of hydrogen-bond acceptors (Lipinski definition) is 8. The summed E-state index contributed by atoms with van der Waals surface area (Å²) < 4.78 is 45.1. The van der Waals surface area contributed by atoms with Gasteiger partial charge in [-0.2, -0.15) is 0 Å². The lowest BCUT2D eigenvalue weighted by atomic mass is 9.72. The average molecular weight is 1250 g/mol. The van der Waals surface area contributed by atoms with Crippen LogP contribution in [0.1, 0.15) is 98.9 Å². The van der Waals surface area contributed by atoms with Gasteiger partial charge in [0.15, 0.2) is 0 Å². The van der Waals surface area contributed by atoms with Crippen molar-refractivity contribution in [1.29, 1.82) is 0 Å². The van der Waals surface area contributed by atoms with Crippen molar-refractivity contribution >= 4 is 21.8 Å². The maximum atomic E-state index is 8.44. The number of benzene rings is 9. The van der Waals surface area contributed by atoms with E-state index in [-0.39, 0.29) is 17.4 Å². The van der Waals surface area contributed by atoms with Gasteiger partial charge in [0.2, 0.25) is 0 Å². The Morgan fingerprint density at radius 1 is 0.415 bits per heavy atom. The first-order valence-electron chi connectivity index (χ1n) is 34.1. The highest BCUT2D eigenvalue weighted by molar-refractivity contribution is 6.12. The van der Waals surface area contributed by atoms with Crippen molar-refractivity contribution in [1.82, 2.24) is 4.57 Å². The standard InChI is InChI=1S/C77H73NO6.C8H14O2/c1-3-76(39-42-79-45-48-82-61-17-7-4-8-18-61)70-25-15-13-23-64(70)66-35-29-58(53-72(66)76)56-31-37-74-68(51-56)69-52-57(32-38-75(69)78(74)60-33-27-55(2)28-34-60)59-30-36-67-65-24-14-16-26-71(65)77(73(67)54-59,40-43-80-46-49-83-62-19-9-5-10-20-62)41-44-81-47-50-84-63-21-11-6-12-22-63;9-6-7-10-8-4-2-1-3-5-8/h4-5,7-11,13-38,51-54H,3,6,12,39-50H2,1-2H3;4,9H,1-3,5-7H2. The molecule has 0 radical (unpaired) electrons. The maximum absolute atomic E-state index is 8.44. The van der Waals surface area contributed by atoms with E-state index in [1.54, 1.807) is 0 Å². The predicted molar refractivity (Wildman–Crippen MR) is 381 cm³/mol. The van der Waals surface area contributed by atoms with Gasteiger partial charge in [0.25, 0.3) is 0 Å². The number of ether oxygens (including phenoxy) is 7. The minimum Gasteiger partial charge on any atom is -0.496 e. The van der Waals surface area contributed by atoms with Crippen LogP contribution in [0.4, 0.5) is 0 Å². The number of para-hydroxylation sites is 2. The molecule has 0 aliphatic heterocycles. The molecule has 94 heavy (non-hydrogen) atoms. The van der Waals surface area contributed by atoms with Gasteiger partial charge in [-0.3, -0.25) is 0 Å². The third-order valence-corrected chi connectivity index (χ3v) is 19.4. The summed E-state index contributed by atoms with van der Waals surface area (Å²) in [5, 5.41) is 10.9. The van der Waals surface area contributed by atoms with Crippen molar-refractivity contribution in [2.75, 3.05) is 72.7 Å². The first kappa shape index (κ1) is 63.8. The molecule has 0 spiro atoms. The van der Waals surface area contributed by atoms with Gasteiger partial charge < -0.3 is 42.8 Å². The quantitative estimate of drug-likeness (QED) is 0.0485. The van der Waals surface area contributed by atoms with E-state index in [4.69, 9.17) is 38.3 Å². The fourth-order valence-electron chi connectivity index (χ4n) is 14.7. The molecule has 1 N–H and O–H groups in total. The lowest BCUT2D eigenvalue weighted by Gasteiger charge is -2.32. The summed E-state index contributed by atoms with van der Waals surface area (Å²) in [7, 11) is 0. The molecule has 14 rings (SSSR count). The summed E-state index contributed by atoms with van der Waals surface area (Å²) in [4.78, 5) is 0. The number of aliphatic hydroxyl groups excluding tert-OH is 1. The molecule has 9 aromatic carbocycles. The van der Waals surface area contributed by atoms with Crippen molar-refractivity contribution in [2.24, 2.45) is 0 Å². The molecule has 0 bridgehead atoms. The molecule has 1 heterocycles. The lowest BCUT2D eigenvalue weighted by Crippen LogP contribution is -2.29. The molecule has 0 saturated carbocycles. The predicted octanol–water partition coefficient (Wildman–Crippen LogP) is 19.5. The average Bonchev–Trinajstić information content (AvgIpc) is 1.58. The smallest absolute Gasteiger partial charge is 0.119 e. The van der Waals surface area contributed by atoms with Crippen LogP contribution < -0.4 is 9.47 Å². The topological polar surface area (TPSA) is 89.8 Å². The highest BCUT2D eigenvalue weighted by atomic mass is 16.5. The monoisotopic (exact) mass is 1250 g/mol. The van der Waals surface area contributed by atoms with Gasteiger partial charge in [0.05, 0.1) is 43.2 Å². The second kappa shape index (κ2) is 30.4. The maximum Gasteiger partial charge on any atom is 0.119 e. The van der Waals surface area contributed by atoms with Gasteiger partial charge >= 0.3 is 0 Å². The van der Waals surface area contributed by atoms with Crippen LogP contribution in [0.5, 0.6) is 11.5 Å². The van der Waals surface area contributed by atoms with Gasteiger partial charge in [-0.1, -0.05) is 152 Å². The van der Waals surface area contributed by atoms with Gasteiger partial charge in [-0.05, 0) is 222 Å². The van der Waals surface area contributed by atoms with Crippen molar-refractivity contribution < 1.29 is 38.3 Å². The van der Waals surface area contributed by atoms with E-state index in [0.717, 1.165) is 80.1 Å². The van der Waals surface area contributed by atoms with Crippen LogP contribution in [0.25, 0.3) is 72.0 Å². The molecule has 1 aromatic heterocycles. The molecule has 9 nitrogen and oxygen atoms in total. The zero-order chi connectivity index (χ0) is 63.9. The highest BCUT2D eigenvalue weighted by Crippen LogP contribution is 2.55. The Hall–Kier alpha value is -8.96. The summed E-state index contributed by atoms with van der Waals surface area (Å²) in [6.07, 6.45) is 18.7. The molecule has 0 fully saturated rings. The molecule has 10 aromatic rings. The summed E-state index contributed by atoms with van der Waals surface area (Å²) >= 11 is 0. The van der Waals surface area contributed by atoms with E-state index >= 15 is 0 Å². The second-order valence-corrected chi connectivity index (χ2v) is 25.1. The van der Waals surface area contributed by atoms with Crippen LogP contribution in [0.3, 0.4) is 0 Å². The second-order valence-electron chi connectivity index (χ2n) is 25.1. The molecule has 2 unspecified atom stereocenters. The summed E-state index contributed by atoms with van der Waals surface area (Å²) in [5.74, 6) is 3.72. The third kappa shape index (κ3) is 14.0. The Morgan fingerprint density at radius 2 is 0.915 bits per heavy atom. The van der Waals surface area contributed by atoms with E-state index in [9.17, 15) is 0 Å². The molecule has 0 amide bonds. The van der Waals surface area contributed by atoms with Crippen LogP contribution >= 0.6 is 0 Å². The Kier molecular flexibility index (Phi) is 20.6. The summed E-state index contributed by atoms with van der Waals surface area (Å²) in [6, 6.07) is 75.3. The number of rotatable bonds is 28. The molecule has 4 aliphatic carbocycles. The molecular formula is C85H87NO8. The van der Waals surface area contributed by atoms with E-state index in [1.807, 2.05) is 60.7 Å². The number of nitrogens with zero attached hydrogens (tertiary/aromatic N) is 1. The number of aromatic nitrogens is 1. The minimum absolute atomic E-state index is 0.122. The van der Waals surface area contributed by atoms with Crippen molar-refractivity contribution in [3.8, 4) is 61.7 Å². The number of aliphatic hydroxyl groups is 1. The zero-order valence-electron chi connectivity index (χ0n) is 54.5. The first-order chi connectivity index (χ1) is 46.4. The first-order valence-corrected chi connectivity index (χ1v) is 34.1. The third-order valence-electron chi connectivity index (χ3n) is 19.4. The van der Waals surface area contributed by atoms with Crippen molar-refractivity contribution in [3.63, 3.8) is 0 Å². The van der Waals surface area contributed by atoms with E-state index < -0.39 is 0 Å². The highest BCUT2D eigenvalue weighted by Gasteiger charge is 2.44. The lowest BCUT2D eigenvalue weighted by molar-refractivity contribution is 0.0604. The molecule has 480 valence electrons. The van der Waals surface area contributed by atoms with Crippen LogP contribution in [0.15, 0.2) is 242 Å². The van der Waals surface area contributed by atoms with Crippen LogP contribution in [-0.2, 0) is 34.5 Å². The van der Waals surface area contributed by atoms with E-state index in [2.05, 4.69) is 188 Å². The number of allylic oxidation sites excluding steroid dienone is 5. The van der Waals surface area contributed by atoms with E-state index in [1.165, 1.54) is 107 Å². The summed E-state index contributed by atoms with van der Waals surface area (Å²) in [5.41, 5.74) is 19.5. The van der Waals surface area contributed by atoms with Crippen molar-refractivity contribution in [2.45, 2.75) is 88.9 Å². The SMILES string of the molecule is CCC1(CCOCCOc2ccccc2)c2ccccc2-c2ccc(-c3ccc4c(c3)c3cc(-c5ccc6c(c5)C(CCOCCOC5=CCCC=C5)(CCOCCOc5ccccc5)c5ccccc5-6)ccc3n4-c3ccc(C)cc3)cc21.OCCOC1=CCCCC1. The molecule has 9 heteroatoms. The number of aryl methyl sites for hydroxylation is 1. The Labute approximate surface area is 554 Å². The van der Waals surface area contributed by atoms with Crippen LogP contribution in [0.2, 0.25) is 0 Å². The molecule has 0 saturated heterocycles. The molecule has 4 aliphatic rings. The van der Waals surface area contributed by atoms with Crippen molar-refractivity contribution in [3.05, 3.63) is 270 Å². The van der Waals surface area contributed by atoms with E-state index in [0.29, 0.717) is 66.1 Å². The normalized spacial score (nSPS) is 16.7. The number of fused-ring (bicyclic) bond motifs is 9. The Balaban J connectivity index is 0.000000736. The molecular weight excluding hydrogens is 1160 g/mol. The molecule has 2 atom stereocenters. The fourth-order valence-corrected chi connectivity index (χ4v) is 14.7. The minimum atomic E-state index is -0.352. The van der Waals surface area contributed by atoms with Gasteiger partial charge in [-0.25, -0.2) is 0 Å². The van der Waals surface area contributed by atoms with Gasteiger partial charge in [0, 0.05) is 53.5 Å². The Bertz CT molecular complexity index is 4280. The zero-order valence-corrected chi connectivity index (χ0v) is 54.5. The summed E-state index contributed by atoms with van der Waals surface area (Å²) in [6.45, 7) is 9.91. The largest absolute Gasteiger partial charge is 0.496 e. The van der Waals surface area contributed by atoms with Gasteiger partial charge in [-0.15, -0.1) is 0 Å². The van der Waals surface area contributed by atoms with Crippen LogP contribution in [-0.4, -0.2) is 82.3 Å². The van der Waals surface area contributed by atoms with Crippen LogP contribution in [0, 0.1) is 6.92 Å². The number of hydrogen-bond donors (Lipinski definition) is 1. The Morgan fingerprint density at radius 3 is 1.45 bits per heavy atom. The fraction of sp³-hybridized carbons (Fsp3) is 0.294. The van der Waals surface area contributed by atoms with Gasteiger partial charge in [0.1, 0.15) is 43.7 Å².